The Labute approximate surface area is 281 Å². The lowest BCUT2D eigenvalue weighted by molar-refractivity contribution is -0.397. The summed E-state index contributed by atoms with van der Waals surface area (Å²) in [6, 6.07) is 3.53. The topological polar surface area (TPSA) is 201 Å². The van der Waals surface area contributed by atoms with Crippen LogP contribution in [0.5, 0.6) is 11.5 Å². The van der Waals surface area contributed by atoms with Gasteiger partial charge in [0, 0.05) is 36.8 Å². The summed E-state index contributed by atoms with van der Waals surface area (Å²) in [4.78, 5) is 12.4. The predicted molar refractivity (Wildman–Crippen MR) is 173 cm³/mol. The first-order valence-corrected chi connectivity index (χ1v) is 17.4. The number of carbonyl (C=O) groups is 1. The fourth-order valence-corrected chi connectivity index (χ4v) is 8.09. The van der Waals surface area contributed by atoms with Crippen LogP contribution in [0.4, 0.5) is 0 Å². The maximum Gasteiger partial charge on any atom is 0.306 e. The van der Waals surface area contributed by atoms with Gasteiger partial charge in [0.05, 0.1) is 25.6 Å². The molecule has 1 aromatic carbocycles. The van der Waals surface area contributed by atoms with Gasteiger partial charge in [-0.05, 0) is 81.5 Å². The average Bonchev–Trinajstić information content (AvgIpc) is 3.52. The Morgan fingerprint density at radius 3 is 2.62 bits per heavy atom. The highest BCUT2D eigenvalue weighted by atomic mass is 16.7. The first kappa shape index (κ1) is 36.8. The minimum atomic E-state index is -2.33. The first-order valence-electron chi connectivity index (χ1n) is 17.4. The second-order valence-electron chi connectivity index (χ2n) is 14.0. The van der Waals surface area contributed by atoms with Crippen molar-refractivity contribution in [3.05, 3.63) is 24.0 Å². The van der Waals surface area contributed by atoms with Gasteiger partial charge in [0.25, 0.3) is 0 Å². The largest absolute Gasteiger partial charge is 0.485 e. The monoisotopic (exact) mass is 679 g/mol. The van der Waals surface area contributed by atoms with Crippen molar-refractivity contribution in [2.24, 2.45) is 23.7 Å². The minimum Gasteiger partial charge on any atom is -0.485 e. The molecule has 1 aromatic heterocycles. The van der Waals surface area contributed by atoms with E-state index >= 15 is 0 Å². The number of hydrogen-bond acceptors (Lipinski definition) is 13. The summed E-state index contributed by atoms with van der Waals surface area (Å²) >= 11 is 0. The molecule has 270 valence electrons. The SMILES string of the molecule is CCOC(=O)CCc1cc2ccoc2c(OCCNCCCC(C)C)c1O[C@H]1O[C@H](CO)[C@]2(O)C[C@@H]3CC[C@@H](O)[C@H](CO)[C@@H]3[C@]1(O)[C@H]2O. The van der Waals surface area contributed by atoms with Crippen LogP contribution in [-0.4, -0.2) is 112 Å². The first-order chi connectivity index (χ1) is 23.0. The van der Waals surface area contributed by atoms with Crippen LogP contribution in [0.1, 0.15) is 64.9 Å². The number of rotatable bonds is 16. The molecule has 7 N–H and O–H groups in total. The van der Waals surface area contributed by atoms with Crippen molar-refractivity contribution in [3.8, 4) is 11.5 Å². The lowest BCUT2D eigenvalue weighted by Gasteiger charge is -2.64. The van der Waals surface area contributed by atoms with Crippen molar-refractivity contribution < 1.29 is 58.8 Å². The zero-order chi connectivity index (χ0) is 34.6. The van der Waals surface area contributed by atoms with Crippen molar-refractivity contribution >= 4 is 16.9 Å². The highest BCUT2D eigenvalue weighted by Crippen LogP contribution is 2.58. The summed E-state index contributed by atoms with van der Waals surface area (Å²) in [7, 11) is 0. The Morgan fingerprint density at radius 1 is 1.12 bits per heavy atom. The standard InChI is InChI=1S/C35H53NO12/c1-4-44-27(40)10-8-21-16-22-11-14-45-29(22)31(46-15-13-36-12-5-6-20(2)3)30(21)48-33-35(43)28-23(7-9-25(39)24(28)18-37)17-34(42,32(35)41)26(19-38)47-33/h11,14,16,20,23-26,28,32-33,36-39,41-43H,4-10,12-13,15,17-19H2,1-3H3/t23-,24-,25+,26+,28+,32-,33+,34+,35-/m0/s1. The highest BCUT2D eigenvalue weighted by Gasteiger charge is 2.73. The van der Waals surface area contributed by atoms with Gasteiger partial charge in [0.2, 0.25) is 12.0 Å². The van der Waals surface area contributed by atoms with Crippen LogP contribution in [0.15, 0.2) is 22.8 Å². The smallest absolute Gasteiger partial charge is 0.306 e. The van der Waals surface area contributed by atoms with Gasteiger partial charge in [0.15, 0.2) is 16.9 Å². The molecule has 0 unspecified atom stereocenters. The maximum absolute atomic E-state index is 12.6. The molecule has 0 amide bonds. The van der Waals surface area contributed by atoms with E-state index in [1.807, 2.05) is 0 Å². The fraction of sp³-hybridized carbons (Fsp3) is 0.743. The van der Waals surface area contributed by atoms with Gasteiger partial charge in [0.1, 0.15) is 24.4 Å². The van der Waals surface area contributed by atoms with Crippen molar-refractivity contribution in [2.75, 3.05) is 39.5 Å². The molecule has 0 spiro atoms. The van der Waals surface area contributed by atoms with Crippen molar-refractivity contribution in [2.45, 2.75) is 102 Å². The number of aryl methyl sites for hydroxylation is 1. The third kappa shape index (κ3) is 7.06. The number of esters is 1. The number of ether oxygens (including phenoxy) is 4. The zero-order valence-corrected chi connectivity index (χ0v) is 28.2. The second-order valence-corrected chi connectivity index (χ2v) is 14.0. The van der Waals surface area contributed by atoms with Gasteiger partial charge in [-0.1, -0.05) is 13.8 Å². The molecule has 13 nitrogen and oxygen atoms in total. The summed E-state index contributed by atoms with van der Waals surface area (Å²) < 4.78 is 30.0. The van der Waals surface area contributed by atoms with Gasteiger partial charge >= 0.3 is 5.97 Å². The molecule has 9 atom stereocenters. The summed E-state index contributed by atoms with van der Waals surface area (Å²) in [5.74, 6) is -1.74. The van der Waals surface area contributed by atoms with E-state index in [0.717, 1.165) is 19.4 Å². The molecule has 0 radical (unpaired) electrons. The van der Waals surface area contributed by atoms with Crippen LogP contribution in [0.25, 0.3) is 11.0 Å². The Bertz CT molecular complexity index is 1370. The van der Waals surface area contributed by atoms with Gasteiger partial charge in [-0.2, -0.15) is 0 Å². The molecule has 48 heavy (non-hydrogen) atoms. The third-order valence-electron chi connectivity index (χ3n) is 10.4. The third-order valence-corrected chi connectivity index (χ3v) is 10.4. The lowest BCUT2D eigenvalue weighted by Crippen LogP contribution is -2.81. The summed E-state index contributed by atoms with van der Waals surface area (Å²) in [6.07, 6.45) is -1.35. The van der Waals surface area contributed by atoms with Gasteiger partial charge in [-0.25, -0.2) is 0 Å². The van der Waals surface area contributed by atoms with E-state index in [9.17, 15) is 35.4 Å². The van der Waals surface area contributed by atoms with Crippen molar-refractivity contribution in [3.63, 3.8) is 0 Å². The van der Waals surface area contributed by atoms with Crippen LogP contribution in [0.2, 0.25) is 0 Å². The van der Waals surface area contributed by atoms with E-state index < -0.39 is 72.7 Å². The number of carbonyl (C=O) groups excluding carboxylic acids is 1. The molecule has 13 heteroatoms. The van der Waals surface area contributed by atoms with Crippen molar-refractivity contribution in [1.82, 2.24) is 5.32 Å². The molecule has 3 fully saturated rings. The molecular formula is C35H53NO12. The average molecular weight is 680 g/mol. The van der Waals surface area contributed by atoms with Crippen LogP contribution in [0.3, 0.4) is 0 Å². The van der Waals surface area contributed by atoms with Crippen molar-refractivity contribution in [1.29, 1.82) is 0 Å². The number of furan rings is 1. The van der Waals surface area contributed by atoms with Crippen LogP contribution in [-0.2, 0) is 20.7 Å². The predicted octanol–water partition coefficient (Wildman–Crippen LogP) is 1.65. The summed E-state index contributed by atoms with van der Waals surface area (Å²) in [5, 5.41) is 71.6. The molecular weight excluding hydrogens is 626 g/mol. The molecule has 2 heterocycles. The second kappa shape index (κ2) is 15.6. The number of nitrogens with one attached hydrogen (secondary N) is 1. The lowest BCUT2D eigenvalue weighted by atomic mass is 9.51. The summed E-state index contributed by atoms with van der Waals surface area (Å²) in [6.45, 7) is 6.68. The van der Waals surface area contributed by atoms with Crippen LogP contribution >= 0.6 is 0 Å². The Hall–Kier alpha value is -2.49. The van der Waals surface area contributed by atoms with Crippen LogP contribution in [0, 0.1) is 23.7 Å². The Kier molecular flexibility index (Phi) is 11.9. The molecule has 2 aliphatic carbocycles. The molecule has 5 rings (SSSR count). The number of aliphatic hydroxyl groups is 6. The molecule has 2 bridgehead atoms. The zero-order valence-electron chi connectivity index (χ0n) is 28.2. The molecule has 1 saturated heterocycles. The van der Waals surface area contributed by atoms with E-state index in [0.29, 0.717) is 41.8 Å². The van der Waals surface area contributed by atoms with E-state index in [1.54, 1.807) is 19.1 Å². The highest BCUT2D eigenvalue weighted by molar-refractivity contribution is 5.87. The normalized spacial score (nSPS) is 33.1. The quantitative estimate of drug-likeness (QED) is 0.0999. The van der Waals surface area contributed by atoms with Gasteiger partial charge in [-0.3, -0.25) is 4.79 Å². The summed E-state index contributed by atoms with van der Waals surface area (Å²) in [5.41, 5.74) is -3.49. The minimum absolute atomic E-state index is 0.00527. The maximum atomic E-state index is 12.6. The number of hydrogen-bond donors (Lipinski definition) is 7. The number of benzene rings is 1. The van der Waals surface area contributed by atoms with Gasteiger partial charge in [-0.15, -0.1) is 0 Å². The molecule has 2 aromatic rings. The molecule has 1 aliphatic heterocycles. The number of aliphatic hydroxyl groups excluding tert-OH is 4. The van der Waals surface area contributed by atoms with Crippen LogP contribution < -0.4 is 14.8 Å². The molecule has 3 aliphatic rings. The Morgan fingerprint density at radius 2 is 1.92 bits per heavy atom. The van der Waals surface area contributed by atoms with E-state index in [4.69, 9.17) is 23.4 Å². The fourth-order valence-electron chi connectivity index (χ4n) is 8.09. The van der Waals surface area contributed by atoms with Gasteiger partial charge < -0.3 is 59.3 Å². The Balaban J connectivity index is 1.53. The van der Waals surface area contributed by atoms with E-state index in [-0.39, 0.29) is 44.0 Å². The van der Waals surface area contributed by atoms with E-state index in [2.05, 4.69) is 19.2 Å². The van der Waals surface area contributed by atoms with E-state index in [1.165, 1.54) is 6.26 Å². The molecule has 2 saturated carbocycles. The number of fused-ring (bicyclic) bond motifs is 5.